The monoisotopic (exact) mass is 213 g/mol. The van der Waals surface area contributed by atoms with Crippen LogP contribution in [0.25, 0.3) is 0 Å². The maximum atomic E-state index is 11.1. The molecule has 0 saturated heterocycles. The van der Waals surface area contributed by atoms with Crippen molar-refractivity contribution in [1.82, 2.24) is 4.90 Å². The van der Waals surface area contributed by atoms with Gasteiger partial charge in [0.05, 0.1) is 0 Å². The molecule has 0 unspecified atom stereocenters. The molecular weight excluding hydrogens is 194 g/mol. The minimum atomic E-state index is 0.0253. The highest BCUT2D eigenvalue weighted by Crippen LogP contribution is 1.95. The molecule has 0 fully saturated rings. The first kappa shape index (κ1) is 13.8. The van der Waals surface area contributed by atoms with Crippen molar-refractivity contribution < 1.29 is 14.3 Å². The summed E-state index contributed by atoms with van der Waals surface area (Å²) in [4.78, 5) is 23.6. The van der Waals surface area contributed by atoms with Crippen LogP contribution < -0.4 is 0 Å². The number of methoxy groups -OCH3 is 1. The third-order valence-corrected chi connectivity index (χ3v) is 1.84. The van der Waals surface area contributed by atoms with Crippen LogP contribution in [0.1, 0.15) is 19.8 Å². The standard InChI is InChI=1S/C11H19NO3/c1-10(13)6-8-12(2)7-4-5-11(14)9-15-3/h6,8H,4-5,7,9H2,1-3H3/b8-6+. The first-order chi connectivity index (χ1) is 7.06. The minimum Gasteiger partial charge on any atom is -0.380 e. The average molecular weight is 213 g/mol. The van der Waals surface area contributed by atoms with Gasteiger partial charge in [0.15, 0.2) is 11.6 Å². The Bertz CT molecular complexity index is 236. The largest absolute Gasteiger partial charge is 0.380 e. The molecule has 4 nitrogen and oxygen atoms in total. The number of hydrogen-bond donors (Lipinski definition) is 0. The summed E-state index contributed by atoms with van der Waals surface area (Å²) < 4.78 is 4.72. The van der Waals surface area contributed by atoms with Crippen LogP contribution in [0, 0.1) is 0 Å². The SMILES string of the molecule is COCC(=O)CCCN(C)/C=C/C(C)=O. The van der Waals surface area contributed by atoms with E-state index >= 15 is 0 Å². The van der Waals surface area contributed by atoms with Crippen LogP contribution in [-0.2, 0) is 14.3 Å². The Morgan fingerprint density at radius 2 is 2.07 bits per heavy atom. The predicted molar refractivity (Wildman–Crippen MR) is 58.6 cm³/mol. The first-order valence-electron chi connectivity index (χ1n) is 4.96. The molecule has 0 aromatic rings. The van der Waals surface area contributed by atoms with E-state index in [0.29, 0.717) is 6.42 Å². The summed E-state index contributed by atoms with van der Waals surface area (Å²) in [5.41, 5.74) is 0. The van der Waals surface area contributed by atoms with Crippen molar-refractivity contribution in [2.75, 3.05) is 27.3 Å². The third-order valence-electron chi connectivity index (χ3n) is 1.84. The van der Waals surface area contributed by atoms with Gasteiger partial charge in [-0.25, -0.2) is 0 Å². The van der Waals surface area contributed by atoms with Crippen LogP contribution >= 0.6 is 0 Å². The molecule has 0 aliphatic heterocycles. The predicted octanol–water partition coefficient (Wildman–Crippen LogP) is 1.02. The van der Waals surface area contributed by atoms with E-state index < -0.39 is 0 Å². The lowest BCUT2D eigenvalue weighted by molar-refractivity contribution is -0.122. The van der Waals surface area contributed by atoms with E-state index in [2.05, 4.69) is 0 Å². The first-order valence-corrected chi connectivity index (χ1v) is 4.96. The van der Waals surface area contributed by atoms with Gasteiger partial charge in [-0.1, -0.05) is 0 Å². The lowest BCUT2D eigenvalue weighted by atomic mass is 10.2. The Kier molecular flexibility index (Phi) is 7.54. The lowest BCUT2D eigenvalue weighted by Crippen LogP contribution is -2.15. The molecule has 0 saturated carbocycles. The average Bonchev–Trinajstić information content (AvgIpc) is 2.15. The summed E-state index contributed by atoms with van der Waals surface area (Å²) in [5.74, 6) is 0.138. The van der Waals surface area contributed by atoms with Crippen molar-refractivity contribution in [3.63, 3.8) is 0 Å². The van der Waals surface area contributed by atoms with Crippen LogP contribution in [0.3, 0.4) is 0 Å². The highest BCUT2D eigenvalue weighted by molar-refractivity contribution is 5.87. The molecule has 4 heteroatoms. The van der Waals surface area contributed by atoms with Crippen molar-refractivity contribution in [2.45, 2.75) is 19.8 Å². The number of ether oxygens (including phenoxy) is 1. The number of rotatable bonds is 8. The number of Topliss-reactive ketones (excluding diaryl/α,β-unsaturated/α-hetero) is 1. The molecule has 0 aromatic carbocycles. The van der Waals surface area contributed by atoms with Gasteiger partial charge in [-0.15, -0.1) is 0 Å². The zero-order valence-electron chi connectivity index (χ0n) is 9.66. The van der Waals surface area contributed by atoms with Gasteiger partial charge >= 0.3 is 0 Å². The summed E-state index contributed by atoms with van der Waals surface area (Å²) in [6.45, 7) is 2.46. The Balaban J connectivity index is 3.59. The molecule has 0 rings (SSSR count). The zero-order chi connectivity index (χ0) is 11.7. The molecule has 0 atom stereocenters. The fourth-order valence-electron chi connectivity index (χ4n) is 1.07. The smallest absolute Gasteiger partial charge is 0.158 e. The highest BCUT2D eigenvalue weighted by Gasteiger charge is 2.00. The van der Waals surface area contributed by atoms with E-state index in [1.54, 1.807) is 6.20 Å². The van der Waals surface area contributed by atoms with Crippen LogP contribution in [0.2, 0.25) is 0 Å². The number of carbonyl (C=O) groups is 2. The fraction of sp³-hybridized carbons (Fsp3) is 0.636. The Hall–Kier alpha value is -1.16. The summed E-state index contributed by atoms with van der Waals surface area (Å²) in [7, 11) is 3.39. The van der Waals surface area contributed by atoms with Gasteiger partial charge in [0.25, 0.3) is 0 Å². The molecule has 0 spiro atoms. The van der Waals surface area contributed by atoms with Crippen molar-refractivity contribution in [2.24, 2.45) is 0 Å². The van der Waals surface area contributed by atoms with E-state index in [1.807, 2.05) is 11.9 Å². The van der Waals surface area contributed by atoms with Crippen LogP contribution in [0.15, 0.2) is 12.3 Å². The number of ketones is 2. The second kappa shape index (κ2) is 8.17. The molecule has 0 N–H and O–H groups in total. The molecule has 15 heavy (non-hydrogen) atoms. The van der Waals surface area contributed by atoms with Crippen LogP contribution in [0.4, 0.5) is 0 Å². The highest BCUT2D eigenvalue weighted by atomic mass is 16.5. The number of allylic oxidation sites excluding steroid dienone is 1. The molecule has 0 aliphatic rings. The molecule has 0 bridgehead atoms. The van der Waals surface area contributed by atoms with Crippen molar-refractivity contribution in [1.29, 1.82) is 0 Å². The van der Waals surface area contributed by atoms with Gasteiger partial charge < -0.3 is 9.64 Å². The Labute approximate surface area is 90.9 Å². The normalized spacial score (nSPS) is 10.6. The van der Waals surface area contributed by atoms with Crippen LogP contribution in [-0.4, -0.2) is 43.8 Å². The van der Waals surface area contributed by atoms with Gasteiger partial charge in [0.2, 0.25) is 0 Å². The second-order valence-corrected chi connectivity index (χ2v) is 3.48. The topological polar surface area (TPSA) is 46.6 Å². The van der Waals surface area contributed by atoms with Crippen LogP contribution in [0.5, 0.6) is 0 Å². The summed E-state index contributed by atoms with van der Waals surface area (Å²) in [5, 5.41) is 0. The Morgan fingerprint density at radius 1 is 1.40 bits per heavy atom. The quantitative estimate of drug-likeness (QED) is 0.565. The molecule has 0 radical (unpaired) electrons. The van der Waals surface area contributed by atoms with Crippen molar-refractivity contribution in [3.05, 3.63) is 12.3 Å². The van der Waals surface area contributed by atoms with Gasteiger partial charge in [-0.05, 0) is 19.4 Å². The van der Waals surface area contributed by atoms with E-state index in [9.17, 15) is 9.59 Å². The van der Waals surface area contributed by atoms with Gasteiger partial charge in [0.1, 0.15) is 6.61 Å². The van der Waals surface area contributed by atoms with E-state index in [-0.39, 0.29) is 18.2 Å². The third kappa shape index (κ3) is 9.15. The van der Waals surface area contributed by atoms with Gasteiger partial charge in [0, 0.05) is 33.3 Å². The molecule has 0 amide bonds. The summed E-state index contributed by atoms with van der Waals surface area (Å²) >= 11 is 0. The minimum absolute atomic E-state index is 0.0253. The Morgan fingerprint density at radius 3 is 2.60 bits per heavy atom. The van der Waals surface area contributed by atoms with E-state index in [4.69, 9.17) is 4.74 Å². The van der Waals surface area contributed by atoms with Crippen molar-refractivity contribution >= 4 is 11.6 Å². The lowest BCUT2D eigenvalue weighted by Gasteiger charge is -2.12. The molecule has 86 valence electrons. The molecule has 0 aromatic heterocycles. The van der Waals surface area contributed by atoms with E-state index in [0.717, 1.165) is 13.0 Å². The second-order valence-electron chi connectivity index (χ2n) is 3.48. The summed E-state index contributed by atoms with van der Waals surface area (Å²) in [6.07, 6.45) is 4.53. The maximum Gasteiger partial charge on any atom is 0.158 e. The number of nitrogens with zero attached hydrogens (tertiary/aromatic N) is 1. The number of carbonyl (C=O) groups excluding carboxylic acids is 2. The molecule has 0 heterocycles. The molecule has 0 aliphatic carbocycles. The fourth-order valence-corrected chi connectivity index (χ4v) is 1.07. The van der Waals surface area contributed by atoms with Crippen molar-refractivity contribution in [3.8, 4) is 0 Å². The zero-order valence-corrected chi connectivity index (χ0v) is 9.66. The van der Waals surface area contributed by atoms with E-state index in [1.165, 1.54) is 20.1 Å². The number of hydrogen-bond acceptors (Lipinski definition) is 4. The van der Waals surface area contributed by atoms with Gasteiger partial charge in [-0.3, -0.25) is 9.59 Å². The summed E-state index contributed by atoms with van der Waals surface area (Å²) in [6, 6.07) is 0. The molecular formula is C11H19NO3. The van der Waals surface area contributed by atoms with Gasteiger partial charge in [-0.2, -0.15) is 0 Å². The maximum absolute atomic E-state index is 11.1.